The van der Waals surface area contributed by atoms with Crippen molar-refractivity contribution in [2.24, 2.45) is 0 Å². The highest BCUT2D eigenvalue weighted by atomic mass is 16.6. The van der Waals surface area contributed by atoms with E-state index in [9.17, 15) is 9.90 Å². The standard InChI is InChI=1S/C9H14O3/c10-7-6-9(12-8(7)11)4-2-1-3-5-9/h7,10H,1-6H2. The first-order chi connectivity index (χ1) is 5.72. The molecule has 1 saturated heterocycles. The van der Waals surface area contributed by atoms with Gasteiger partial charge in [0.25, 0.3) is 0 Å². The van der Waals surface area contributed by atoms with Crippen LogP contribution in [0.15, 0.2) is 0 Å². The molecule has 68 valence electrons. The molecular weight excluding hydrogens is 156 g/mol. The molecule has 2 fully saturated rings. The Labute approximate surface area is 71.7 Å². The lowest BCUT2D eigenvalue weighted by molar-refractivity contribution is -0.154. The van der Waals surface area contributed by atoms with E-state index in [1.165, 1.54) is 6.42 Å². The molecule has 0 radical (unpaired) electrons. The molecule has 0 bridgehead atoms. The van der Waals surface area contributed by atoms with Gasteiger partial charge in [-0.2, -0.15) is 0 Å². The van der Waals surface area contributed by atoms with Crippen LogP contribution >= 0.6 is 0 Å². The van der Waals surface area contributed by atoms with Crippen LogP contribution in [0.4, 0.5) is 0 Å². The summed E-state index contributed by atoms with van der Waals surface area (Å²) in [6, 6.07) is 0. The second-order valence-electron chi connectivity index (χ2n) is 3.88. The van der Waals surface area contributed by atoms with Crippen LogP contribution in [-0.2, 0) is 9.53 Å². The van der Waals surface area contributed by atoms with Crippen LogP contribution in [0.25, 0.3) is 0 Å². The molecule has 12 heavy (non-hydrogen) atoms. The zero-order valence-corrected chi connectivity index (χ0v) is 7.08. The molecule has 0 aromatic rings. The van der Waals surface area contributed by atoms with Gasteiger partial charge in [-0.3, -0.25) is 0 Å². The van der Waals surface area contributed by atoms with Gasteiger partial charge in [0.1, 0.15) is 5.60 Å². The molecule has 0 aromatic carbocycles. The first kappa shape index (κ1) is 8.05. The van der Waals surface area contributed by atoms with Gasteiger partial charge in [-0.25, -0.2) is 4.79 Å². The van der Waals surface area contributed by atoms with Crippen molar-refractivity contribution in [2.45, 2.75) is 50.2 Å². The smallest absolute Gasteiger partial charge is 0.335 e. The second-order valence-corrected chi connectivity index (χ2v) is 3.88. The van der Waals surface area contributed by atoms with Gasteiger partial charge < -0.3 is 9.84 Å². The molecule has 1 atom stereocenters. The van der Waals surface area contributed by atoms with Gasteiger partial charge >= 0.3 is 5.97 Å². The Bertz CT molecular complexity index is 194. The Morgan fingerprint density at radius 3 is 2.50 bits per heavy atom. The fourth-order valence-corrected chi connectivity index (χ4v) is 2.26. The monoisotopic (exact) mass is 170 g/mol. The molecule has 1 saturated carbocycles. The fraction of sp³-hybridized carbons (Fsp3) is 0.889. The zero-order chi connectivity index (χ0) is 8.60. The van der Waals surface area contributed by atoms with E-state index in [-0.39, 0.29) is 5.60 Å². The molecule has 1 spiro atoms. The minimum atomic E-state index is -0.858. The molecular formula is C9H14O3. The minimum Gasteiger partial charge on any atom is -0.457 e. The van der Waals surface area contributed by atoms with E-state index in [1.807, 2.05) is 0 Å². The molecule has 1 aliphatic heterocycles. The van der Waals surface area contributed by atoms with E-state index in [1.54, 1.807) is 0 Å². The van der Waals surface area contributed by atoms with Gasteiger partial charge in [-0.05, 0) is 25.7 Å². The van der Waals surface area contributed by atoms with Crippen LogP contribution in [0, 0.1) is 0 Å². The third-order valence-corrected chi connectivity index (χ3v) is 2.92. The van der Waals surface area contributed by atoms with Crippen molar-refractivity contribution in [2.75, 3.05) is 0 Å². The van der Waals surface area contributed by atoms with Gasteiger partial charge in [0, 0.05) is 6.42 Å². The van der Waals surface area contributed by atoms with E-state index in [0.717, 1.165) is 25.7 Å². The van der Waals surface area contributed by atoms with Crippen molar-refractivity contribution in [3.05, 3.63) is 0 Å². The Hall–Kier alpha value is -0.570. The number of aliphatic hydroxyl groups excluding tert-OH is 1. The second kappa shape index (κ2) is 2.73. The topological polar surface area (TPSA) is 46.5 Å². The molecule has 2 rings (SSSR count). The Balaban J connectivity index is 2.07. The Morgan fingerprint density at radius 2 is 2.00 bits per heavy atom. The maximum atomic E-state index is 11.0. The number of hydrogen-bond acceptors (Lipinski definition) is 3. The first-order valence-electron chi connectivity index (χ1n) is 4.63. The number of aliphatic hydroxyl groups is 1. The molecule has 0 aromatic heterocycles. The first-order valence-corrected chi connectivity index (χ1v) is 4.63. The summed E-state index contributed by atoms with van der Waals surface area (Å²) >= 11 is 0. The lowest BCUT2D eigenvalue weighted by atomic mass is 9.82. The molecule has 3 nitrogen and oxygen atoms in total. The highest BCUT2D eigenvalue weighted by molar-refractivity contribution is 5.77. The summed E-state index contributed by atoms with van der Waals surface area (Å²) in [7, 11) is 0. The number of esters is 1. The number of hydrogen-bond donors (Lipinski definition) is 1. The predicted octanol–water partition coefficient (Wildman–Crippen LogP) is 0.997. The number of rotatable bonds is 0. The molecule has 3 heteroatoms. The predicted molar refractivity (Wildman–Crippen MR) is 42.5 cm³/mol. The third kappa shape index (κ3) is 1.22. The molecule has 1 unspecified atom stereocenters. The Morgan fingerprint density at radius 1 is 1.33 bits per heavy atom. The van der Waals surface area contributed by atoms with Crippen LogP contribution in [0.5, 0.6) is 0 Å². The van der Waals surface area contributed by atoms with Crippen molar-refractivity contribution in [3.63, 3.8) is 0 Å². The van der Waals surface area contributed by atoms with Crippen LogP contribution in [0.3, 0.4) is 0 Å². The minimum absolute atomic E-state index is 0.283. The van der Waals surface area contributed by atoms with E-state index in [4.69, 9.17) is 4.74 Å². The summed E-state index contributed by atoms with van der Waals surface area (Å²) in [6.45, 7) is 0. The van der Waals surface area contributed by atoms with E-state index in [2.05, 4.69) is 0 Å². The molecule has 1 heterocycles. The molecule has 2 aliphatic rings. The molecule has 0 amide bonds. The van der Waals surface area contributed by atoms with E-state index < -0.39 is 12.1 Å². The largest absolute Gasteiger partial charge is 0.457 e. The summed E-state index contributed by atoms with van der Waals surface area (Å²) in [5.41, 5.74) is -0.283. The maximum absolute atomic E-state index is 11.0. The number of ether oxygens (including phenoxy) is 1. The van der Waals surface area contributed by atoms with Crippen molar-refractivity contribution in [1.29, 1.82) is 0 Å². The van der Waals surface area contributed by atoms with Gasteiger partial charge in [0.15, 0.2) is 6.10 Å². The fourth-order valence-electron chi connectivity index (χ4n) is 2.26. The zero-order valence-electron chi connectivity index (χ0n) is 7.08. The summed E-state index contributed by atoms with van der Waals surface area (Å²) in [6.07, 6.45) is 5.02. The summed E-state index contributed by atoms with van der Waals surface area (Å²) in [5, 5.41) is 9.24. The summed E-state index contributed by atoms with van der Waals surface area (Å²) < 4.78 is 5.21. The normalized spacial score (nSPS) is 33.8. The lowest BCUT2D eigenvalue weighted by Crippen LogP contribution is -2.31. The van der Waals surface area contributed by atoms with Crippen LogP contribution < -0.4 is 0 Å². The van der Waals surface area contributed by atoms with Crippen LogP contribution in [0.1, 0.15) is 38.5 Å². The SMILES string of the molecule is O=C1OC2(CCCCC2)CC1O. The van der Waals surface area contributed by atoms with Crippen LogP contribution in [0.2, 0.25) is 0 Å². The van der Waals surface area contributed by atoms with Crippen molar-refractivity contribution in [1.82, 2.24) is 0 Å². The molecule has 1 N–H and O–H groups in total. The average molecular weight is 170 g/mol. The highest BCUT2D eigenvalue weighted by Gasteiger charge is 2.46. The van der Waals surface area contributed by atoms with Crippen molar-refractivity contribution in [3.8, 4) is 0 Å². The highest BCUT2D eigenvalue weighted by Crippen LogP contribution is 2.39. The van der Waals surface area contributed by atoms with E-state index in [0.29, 0.717) is 6.42 Å². The molecule has 1 aliphatic carbocycles. The van der Waals surface area contributed by atoms with Gasteiger partial charge in [0.2, 0.25) is 0 Å². The lowest BCUT2D eigenvalue weighted by Gasteiger charge is -2.31. The van der Waals surface area contributed by atoms with Crippen LogP contribution in [-0.4, -0.2) is 22.8 Å². The van der Waals surface area contributed by atoms with Crippen molar-refractivity contribution < 1.29 is 14.6 Å². The third-order valence-electron chi connectivity index (χ3n) is 2.92. The van der Waals surface area contributed by atoms with Gasteiger partial charge in [0.05, 0.1) is 0 Å². The average Bonchev–Trinajstić information content (AvgIpc) is 2.29. The number of carbonyl (C=O) groups excluding carboxylic acids is 1. The van der Waals surface area contributed by atoms with Gasteiger partial charge in [-0.15, -0.1) is 0 Å². The van der Waals surface area contributed by atoms with Gasteiger partial charge in [-0.1, -0.05) is 6.42 Å². The van der Waals surface area contributed by atoms with E-state index >= 15 is 0 Å². The maximum Gasteiger partial charge on any atom is 0.335 e. The Kier molecular flexibility index (Phi) is 1.83. The summed E-state index contributed by atoms with van der Waals surface area (Å²) in [5.74, 6) is -0.420. The van der Waals surface area contributed by atoms with Crippen molar-refractivity contribution >= 4 is 5.97 Å². The summed E-state index contributed by atoms with van der Waals surface area (Å²) in [4.78, 5) is 11.0. The quantitative estimate of drug-likeness (QED) is 0.551. The number of carbonyl (C=O) groups is 1.